The fourth-order valence-electron chi connectivity index (χ4n) is 3.24. The van der Waals surface area contributed by atoms with Gasteiger partial charge in [0.1, 0.15) is 5.75 Å². The molecule has 1 aromatic rings. The summed E-state index contributed by atoms with van der Waals surface area (Å²) >= 11 is 6.44. The third-order valence-electron chi connectivity index (χ3n) is 4.33. The zero-order valence-electron chi connectivity index (χ0n) is 12.6. The van der Waals surface area contributed by atoms with Crippen LogP contribution >= 0.6 is 11.6 Å². The maximum atomic E-state index is 6.44. The van der Waals surface area contributed by atoms with E-state index in [1.54, 1.807) is 7.11 Å². The van der Waals surface area contributed by atoms with Crippen LogP contribution in [0.3, 0.4) is 0 Å². The molecule has 1 unspecified atom stereocenters. The third-order valence-corrected chi connectivity index (χ3v) is 4.65. The lowest BCUT2D eigenvalue weighted by molar-refractivity contribution is 0.301. The molecule has 0 heterocycles. The van der Waals surface area contributed by atoms with E-state index in [0.717, 1.165) is 23.2 Å². The second-order valence-corrected chi connectivity index (χ2v) is 6.14. The zero-order valence-corrected chi connectivity index (χ0v) is 13.4. The number of rotatable bonds is 6. The second-order valence-electron chi connectivity index (χ2n) is 5.74. The lowest BCUT2D eigenvalue weighted by atomic mass is 9.83. The molecule has 1 aliphatic rings. The van der Waals surface area contributed by atoms with Gasteiger partial charge in [-0.3, -0.25) is 0 Å². The molecular formula is C17H26ClNO. The van der Waals surface area contributed by atoms with Crippen molar-refractivity contribution in [1.82, 2.24) is 5.32 Å². The van der Waals surface area contributed by atoms with Crippen LogP contribution in [-0.4, -0.2) is 13.7 Å². The van der Waals surface area contributed by atoms with Crippen LogP contribution < -0.4 is 10.1 Å². The van der Waals surface area contributed by atoms with E-state index in [2.05, 4.69) is 18.3 Å². The summed E-state index contributed by atoms with van der Waals surface area (Å²) in [5, 5.41) is 4.41. The Labute approximate surface area is 127 Å². The molecule has 0 aromatic heterocycles. The standard InChI is InChI=1S/C17H26ClNO/c1-3-19-17(11-13-7-5-4-6-8-13)15-10-9-14(20-2)12-16(15)18/h9-10,12-13,17,19H,3-8,11H2,1-2H3. The summed E-state index contributed by atoms with van der Waals surface area (Å²) in [7, 11) is 1.68. The number of hydrogen-bond donors (Lipinski definition) is 1. The van der Waals surface area contributed by atoms with Gasteiger partial charge in [-0.1, -0.05) is 56.7 Å². The summed E-state index contributed by atoms with van der Waals surface area (Å²) in [6.07, 6.45) is 8.12. The predicted molar refractivity (Wildman–Crippen MR) is 85.6 cm³/mol. The Morgan fingerprint density at radius 3 is 2.65 bits per heavy atom. The van der Waals surface area contributed by atoms with E-state index in [1.165, 1.54) is 44.1 Å². The van der Waals surface area contributed by atoms with Crippen LogP contribution in [0, 0.1) is 5.92 Å². The summed E-state index contributed by atoms with van der Waals surface area (Å²) < 4.78 is 5.23. The molecule has 0 spiro atoms. The van der Waals surface area contributed by atoms with Gasteiger partial charge in [0.25, 0.3) is 0 Å². The quantitative estimate of drug-likeness (QED) is 0.800. The van der Waals surface area contributed by atoms with Crippen LogP contribution in [0.1, 0.15) is 57.1 Å². The average Bonchev–Trinajstić information content (AvgIpc) is 2.48. The van der Waals surface area contributed by atoms with Crippen molar-refractivity contribution in [3.8, 4) is 5.75 Å². The fraction of sp³-hybridized carbons (Fsp3) is 0.647. The van der Waals surface area contributed by atoms with Crippen molar-refractivity contribution in [3.05, 3.63) is 28.8 Å². The van der Waals surface area contributed by atoms with E-state index in [-0.39, 0.29) is 0 Å². The first-order valence-corrected chi connectivity index (χ1v) is 8.19. The van der Waals surface area contributed by atoms with Gasteiger partial charge in [0, 0.05) is 11.1 Å². The molecule has 1 N–H and O–H groups in total. The zero-order chi connectivity index (χ0) is 14.4. The molecule has 2 nitrogen and oxygen atoms in total. The van der Waals surface area contributed by atoms with Crippen LogP contribution in [0.15, 0.2) is 18.2 Å². The van der Waals surface area contributed by atoms with Gasteiger partial charge in [0.05, 0.1) is 7.11 Å². The van der Waals surface area contributed by atoms with Gasteiger partial charge in [-0.2, -0.15) is 0 Å². The number of hydrogen-bond acceptors (Lipinski definition) is 2. The first kappa shape index (κ1) is 15.7. The average molecular weight is 296 g/mol. The lowest BCUT2D eigenvalue weighted by Gasteiger charge is -2.28. The summed E-state index contributed by atoms with van der Waals surface area (Å²) in [5.74, 6) is 1.66. The molecule has 0 bridgehead atoms. The molecule has 112 valence electrons. The molecule has 1 aliphatic carbocycles. The normalized spacial score (nSPS) is 17.9. The van der Waals surface area contributed by atoms with Crippen molar-refractivity contribution in [3.63, 3.8) is 0 Å². The lowest BCUT2D eigenvalue weighted by Crippen LogP contribution is -2.24. The molecule has 0 aliphatic heterocycles. The van der Waals surface area contributed by atoms with Crippen LogP contribution in [0.5, 0.6) is 5.75 Å². The summed E-state index contributed by atoms with van der Waals surface area (Å²) in [6.45, 7) is 3.13. The molecule has 0 amide bonds. The van der Waals surface area contributed by atoms with Gasteiger partial charge >= 0.3 is 0 Å². The molecule has 20 heavy (non-hydrogen) atoms. The largest absolute Gasteiger partial charge is 0.497 e. The third kappa shape index (κ3) is 4.13. The highest BCUT2D eigenvalue weighted by molar-refractivity contribution is 6.31. The SMILES string of the molecule is CCNC(CC1CCCCC1)c1ccc(OC)cc1Cl. The molecule has 1 fully saturated rings. The van der Waals surface area contributed by atoms with Gasteiger partial charge in [-0.25, -0.2) is 0 Å². The van der Waals surface area contributed by atoms with E-state index in [9.17, 15) is 0 Å². The fourth-order valence-corrected chi connectivity index (χ4v) is 3.54. The smallest absolute Gasteiger partial charge is 0.120 e. The Balaban J connectivity index is 2.10. The highest BCUT2D eigenvalue weighted by Crippen LogP contribution is 2.35. The van der Waals surface area contributed by atoms with Gasteiger partial charge in [0.15, 0.2) is 0 Å². The van der Waals surface area contributed by atoms with Crippen molar-refractivity contribution in [2.75, 3.05) is 13.7 Å². The van der Waals surface area contributed by atoms with Crippen LogP contribution in [0.2, 0.25) is 5.02 Å². The number of ether oxygens (including phenoxy) is 1. The maximum Gasteiger partial charge on any atom is 0.120 e. The Kier molecular flexibility index (Phi) is 6.18. The van der Waals surface area contributed by atoms with Gasteiger partial charge in [-0.15, -0.1) is 0 Å². The molecule has 0 saturated heterocycles. The minimum absolute atomic E-state index is 0.363. The number of nitrogens with one attached hydrogen (secondary N) is 1. The van der Waals surface area contributed by atoms with E-state index < -0.39 is 0 Å². The van der Waals surface area contributed by atoms with E-state index in [1.807, 2.05) is 12.1 Å². The van der Waals surface area contributed by atoms with E-state index in [4.69, 9.17) is 16.3 Å². The molecule has 1 aromatic carbocycles. The van der Waals surface area contributed by atoms with Crippen LogP contribution in [0.25, 0.3) is 0 Å². The number of benzene rings is 1. The van der Waals surface area contributed by atoms with Crippen LogP contribution in [0.4, 0.5) is 0 Å². The van der Waals surface area contributed by atoms with Crippen molar-refractivity contribution < 1.29 is 4.74 Å². The summed E-state index contributed by atoms with van der Waals surface area (Å²) in [4.78, 5) is 0. The molecule has 3 heteroatoms. The minimum atomic E-state index is 0.363. The van der Waals surface area contributed by atoms with Crippen molar-refractivity contribution in [1.29, 1.82) is 0 Å². The Hall–Kier alpha value is -0.730. The summed E-state index contributed by atoms with van der Waals surface area (Å²) in [5.41, 5.74) is 1.21. The molecule has 1 saturated carbocycles. The number of halogens is 1. The highest BCUT2D eigenvalue weighted by Gasteiger charge is 2.21. The minimum Gasteiger partial charge on any atom is -0.497 e. The van der Waals surface area contributed by atoms with Gasteiger partial charge in [-0.05, 0) is 36.6 Å². The van der Waals surface area contributed by atoms with Crippen molar-refractivity contribution in [2.45, 2.75) is 51.5 Å². The van der Waals surface area contributed by atoms with E-state index >= 15 is 0 Å². The second kappa shape index (κ2) is 7.90. The molecule has 0 radical (unpaired) electrons. The van der Waals surface area contributed by atoms with Gasteiger partial charge in [0.2, 0.25) is 0 Å². The molecule has 2 rings (SSSR count). The number of methoxy groups -OCH3 is 1. The summed E-state index contributed by atoms with van der Waals surface area (Å²) in [6, 6.07) is 6.40. The van der Waals surface area contributed by atoms with Gasteiger partial charge < -0.3 is 10.1 Å². The topological polar surface area (TPSA) is 21.3 Å². The predicted octanol–water partition coefficient (Wildman–Crippen LogP) is 4.97. The molecular weight excluding hydrogens is 270 g/mol. The Bertz CT molecular complexity index is 415. The Morgan fingerprint density at radius 2 is 2.05 bits per heavy atom. The first-order valence-electron chi connectivity index (χ1n) is 7.81. The van der Waals surface area contributed by atoms with Crippen molar-refractivity contribution in [2.24, 2.45) is 5.92 Å². The van der Waals surface area contributed by atoms with Crippen molar-refractivity contribution >= 4 is 11.6 Å². The van der Waals surface area contributed by atoms with E-state index in [0.29, 0.717) is 6.04 Å². The first-order chi connectivity index (χ1) is 9.74. The molecule has 1 atom stereocenters. The Morgan fingerprint density at radius 1 is 1.30 bits per heavy atom. The monoisotopic (exact) mass is 295 g/mol. The highest BCUT2D eigenvalue weighted by atomic mass is 35.5. The maximum absolute atomic E-state index is 6.44. The van der Waals surface area contributed by atoms with Crippen LogP contribution in [-0.2, 0) is 0 Å².